The summed E-state index contributed by atoms with van der Waals surface area (Å²) in [6.45, 7) is 9.68. The summed E-state index contributed by atoms with van der Waals surface area (Å²) in [5.74, 6) is 3.26. The molecule has 1 aliphatic heterocycles. The van der Waals surface area contributed by atoms with Gasteiger partial charge in [-0.05, 0) is 13.3 Å². The van der Waals surface area contributed by atoms with Crippen molar-refractivity contribution in [1.82, 2.24) is 9.97 Å². The molecular formula is C13H22N4S. The Bertz CT molecular complexity index is 397. The quantitative estimate of drug-likeness (QED) is 0.907. The molecule has 100 valence electrons. The Morgan fingerprint density at radius 2 is 2.33 bits per heavy atom. The van der Waals surface area contributed by atoms with Gasteiger partial charge in [0, 0.05) is 36.2 Å². The number of aromatic nitrogens is 2. The predicted molar refractivity (Wildman–Crippen MR) is 79.7 cm³/mol. The summed E-state index contributed by atoms with van der Waals surface area (Å²) in [7, 11) is 0. The second-order valence-electron chi connectivity index (χ2n) is 4.73. The van der Waals surface area contributed by atoms with Crippen molar-refractivity contribution in [2.75, 3.05) is 35.6 Å². The molecule has 4 nitrogen and oxygen atoms in total. The largest absolute Gasteiger partial charge is 0.370 e. The molecule has 1 aromatic heterocycles. The summed E-state index contributed by atoms with van der Waals surface area (Å²) in [5, 5.41) is 4.05. The van der Waals surface area contributed by atoms with E-state index in [1.807, 2.05) is 11.8 Å². The number of anilines is 2. The summed E-state index contributed by atoms with van der Waals surface area (Å²) in [6.07, 6.45) is 2.78. The van der Waals surface area contributed by atoms with Crippen molar-refractivity contribution in [3.63, 3.8) is 0 Å². The van der Waals surface area contributed by atoms with Crippen LogP contribution in [0.4, 0.5) is 11.6 Å². The van der Waals surface area contributed by atoms with E-state index in [1.165, 1.54) is 11.3 Å². The monoisotopic (exact) mass is 266 g/mol. The van der Waals surface area contributed by atoms with Crippen LogP contribution in [0.2, 0.25) is 0 Å². The molecule has 1 fully saturated rings. The minimum atomic E-state index is 0.681. The standard InChI is InChI=1S/C13H22N4S/c1-4-5-14-12-11(3)13(16-9-15-12)17-6-7-18-10(2)8-17/h9-10H,4-8H2,1-3H3,(H,14,15,16). The lowest BCUT2D eigenvalue weighted by atomic mass is 10.2. The summed E-state index contributed by atoms with van der Waals surface area (Å²) in [5.41, 5.74) is 1.17. The van der Waals surface area contributed by atoms with E-state index in [0.29, 0.717) is 5.25 Å². The topological polar surface area (TPSA) is 41.1 Å². The maximum atomic E-state index is 4.47. The molecule has 18 heavy (non-hydrogen) atoms. The molecule has 0 spiro atoms. The molecule has 0 saturated carbocycles. The summed E-state index contributed by atoms with van der Waals surface area (Å²) < 4.78 is 0. The van der Waals surface area contributed by atoms with Crippen molar-refractivity contribution in [3.8, 4) is 0 Å². The lowest BCUT2D eigenvalue weighted by Gasteiger charge is -2.32. The van der Waals surface area contributed by atoms with E-state index in [2.05, 4.69) is 41.0 Å². The lowest BCUT2D eigenvalue weighted by molar-refractivity contribution is 0.764. The predicted octanol–water partition coefficient (Wildman–Crippen LogP) is 2.55. The summed E-state index contributed by atoms with van der Waals surface area (Å²) >= 11 is 2.04. The molecule has 1 aliphatic rings. The van der Waals surface area contributed by atoms with Crippen LogP contribution in [0.5, 0.6) is 0 Å². The van der Waals surface area contributed by atoms with Gasteiger partial charge in [-0.15, -0.1) is 0 Å². The first-order valence-electron chi connectivity index (χ1n) is 6.64. The number of hydrogen-bond donors (Lipinski definition) is 1. The van der Waals surface area contributed by atoms with Crippen molar-refractivity contribution in [1.29, 1.82) is 0 Å². The Morgan fingerprint density at radius 3 is 3.06 bits per heavy atom. The van der Waals surface area contributed by atoms with E-state index in [4.69, 9.17) is 0 Å². The Labute approximate surface area is 114 Å². The van der Waals surface area contributed by atoms with Gasteiger partial charge in [0.25, 0.3) is 0 Å². The zero-order chi connectivity index (χ0) is 13.0. The van der Waals surface area contributed by atoms with Crippen LogP contribution in [-0.4, -0.2) is 40.6 Å². The Morgan fingerprint density at radius 1 is 1.50 bits per heavy atom. The van der Waals surface area contributed by atoms with Gasteiger partial charge in [-0.1, -0.05) is 13.8 Å². The summed E-state index contributed by atoms with van der Waals surface area (Å²) in [4.78, 5) is 11.2. The van der Waals surface area contributed by atoms with Gasteiger partial charge in [0.2, 0.25) is 0 Å². The zero-order valence-corrected chi connectivity index (χ0v) is 12.3. The van der Waals surface area contributed by atoms with Gasteiger partial charge in [0.05, 0.1) is 0 Å². The highest BCUT2D eigenvalue weighted by Crippen LogP contribution is 2.27. The molecule has 1 atom stereocenters. The Hall–Kier alpha value is -0.970. The second kappa shape index (κ2) is 6.27. The molecule has 0 radical (unpaired) electrons. The third-order valence-electron chi connectivity index (χ3n) is 3.14. The SMILES string of the molecule is CCCNc1ncnc(N2CCSC(C)C2)c1C. The first-order chi connectivity index (χ1) is 8.72. The Kier molecular flexibility index (Phi) is 4.69. The average Bonchev–Trinajstić information content (AvgIpc) is 2.37. The maximum Gasteiger partial charge on any atom is 0.137 e. The fraction of sp³-hybridized carbons (Fsp3) is 0.692. The van der Waals surface area contributed by atoms with Crippen molar-refractivity contribution in [2.45, 2.75) is 32.4 Å². The van der Waals surface area contributed by atoms with Crippen LogP contribution >= 0.6 is 11.8 Å². The van der Waals surface area contributed by atoms with Gasteiger partial charge < -0.3 is 10.2 Å². The number of nitrogens with zero attached hydrogens (tertiary/aromatic N) is 3. The normalized spacial score (nSPS) is 19.9. The molecule has 1 N–H and O–H groups in total. The van der Waals surface area contributed by atoms with E-state index >= 15 is 0 Å². The van der Waals surface area contributed by atoms with Crippen LogP contribution < -0.4 is 10.2 Å². The molecule has 1 unspecified atom stereocenters. The van der Waals surface area contributed by atoms with Crippen LogP contribution in [0.3, 0.4) is 0 Å². The van der Waals surface area contributed by atoms with Gasteiger partial charge >= 0.3 is 0 Å². The van der Waals surface area contributed by atoms with Gasteiger partial charge in [0.1, 0.15) is 18.0 Å². The molecule has 0 bridgehead atoms. The van der Waals surface area contributed by atoms with Crippen LogP contribution in [0.25, 0.3) is 0 Å². The fourth-order valence-electron chi connectivity index (χ4n) is 2.19. The lowest BCUT2D eigenvalue weighted by Crippen LogP contribution is -2.37. The minimum Gasteiger partial charge on any atom is -0.370 e. The maximum absolute atomic E-state index is 4.47. The summed E-state index contributed by atoms with van der Waals surface area (Å²) in [6, 6.07) is 0. The van der Waals surface area contributed by atoms with Crippen molar-refractivity contribution in [3.05, 3.63) is 11.9 Å². The van der Waals surface area contributed by atoms with Gasteiger partial charge in [0.15, 0.2) is 0 Å². The minimum absolute atomic E-state index is 0.681. The second-order valence-corrected chi connectivity index (χ2v) is 6.27. The van der Waals surface area contributed by atoms with Crippen molar-refractivity contribution in [2.24, 2.45) is 0 Å². The van der Waals surface area contributed by atoms with Gasteiger partial charge in [-0.2, -0.15) is 11.8 Å². The van der Waals surface area contributed by atoms with E-state index in [-0.39, 0.29) is 0 Å². The molecule has 0 aromatic carbocycles. The molecule has 2 heterocycles. The van der Waals surface area contributed by atoms with Crippen LogP contribution in [-0.2, 0) is 0 Å². The molecule has 1 aromatic rings. The molecule has 0 amide bonds. The number of rotatable bonds is 4. The zero-order valence-electron chi connectivity index (χ0n) is 11.4. The van der Waals surface area contributed by atoms with Crippen molar-refractivity contribution >= 4 is 23.4 Å². The number of nitrogens with one attached hydrogen (secondary N) is 1. The fourth-order valence-corrected chi connectivity index (χ4v) is 3.21. The van der Waals surface area contributed by atoms with Gasteiger partial charge in [-0.3, -0.25) is 0 Å². The van der Waals surface area contributed by atoms with E-state index in [0.717, 1.165) is 37.7 Å². The first kappa shape index (κ1) is 13.5. The molecule has 1 saturated heterocycles. The van der Waals surface area contributed by atoms with E-state index < -0.39 is 0 Å². The van der Waals surface area contributed by atoms with Crippen molar-refractivity contribution < 1.29 is 0 Å². The molecule has 2 rings (SSSR count). The van der Waals surface area contributed by atoms with E-state index in [9.17, 15) is 0 Å². The third kappa shape index (κ3) is 3.07. The molecule has 0 aliphatic carbocycles. The smallest absolute Gasteiger partial charge is 0.137 e. The van der Waals surface area contributed by atoms with Crippen LogP contribution in [0.1, 0.15) is 25.8 Å². The molecule has 5 heteroatoms. The highest BCUT2D eigenvalue weighted by atomic mass is 32.2. The van der Waals surface area contributed by atoms with Gasteiger partial charge in [-0.25, -0.2) is 9.97 Å². The van der Waals surface area contributed by atoms with Crippen LogP contribution in [0, 0.1) is 6.92 Å². The molecular weight excluding hydrogens is 244 g/mol. The number of thioether (sulfide) groups is 1. The number of hydrogen-bond acceptors (Lipinski definition) is 5. The van der Waals surface area contributed by atoms with E-state index in [1.54, 1.807) is 6.33 Å². The Balaban J connectivity index is 2.16. The third-order valence-corrected chi connectivity index (χ3v) is 4.28. The average molecular weight is 266 g/mol. The highest BCUT2D eigenvalue weighted by Gasteiger charge is 2.20. The van der Waals surface area contributed by atoms with Crippen LogP contribution in [0.15, 0.2) is 6.33 Å². The highest BCUT2D eigenvalue weighted by molar-refractivity contribution is 8.00. The first-order valence-corrected chi connectivity index (χ1v) is 7.69.